The second kappa shape index (κ2) is 7.64. The molecule has 0 atom stereocenters. The van der Waals surface area contributed by atoms with E-state index in [2.05, 4.69) is 0 Å². The molecule has 4 N–H and O–H groups in total. The third-order valence-corrected chi connectivity index (χ3v) is 3.20. The summed E-state index contributed by atoms with van der Waals surface area (Å²) in [6, 6.07) is 7.70. The molecule has 102 valence electrons. The maximum absolute atomic E-state index is 10.5. The van der Waals surface area contributed by atoms with Gasteiger partial charge in [0, 0.05) is 5.82 Å². The van der Waals surface area contributed by atoms with Gasteiger partial charge >= 0.3 is 15.2 Å². The molecule has 0 aliphatic rings. The molecule has 0 spiro atoms. The topological polar surface area (TPSA) is 115 Å². The van der Waals surface area contributed by atoms with Gasteiger partial charge < -0.3 is 19.6 Å². The minimum atomic E-state index is -4.02. The summed E-state index contributed by atoms with van der Waals surface area (Å²) in [6.45, 7) is 1.81. The largest absolute Gasteiger partial charge is 0.356 e. The molecule has 0 saturated heterocycles. The van der Waals surface area contributed by atoms with E-state index in [1.165, 1.54) is 18.2 Å². The maximum atomic E-state index is 10.5. The quantitative estimate of drug-likeness (QED) is 0.629. The number of hydrogen-bond donors (Lipinski definition) is 4. The van der Waals surface area contributed by atoms with Crippen LogP contribution in [0.3, 0.4) is 0 Å². The molecule has 0 fully saturated rings. The maximum Gasteiger partial charge on any atom is 0.356 e. The Labute approximate surface area is 105 Å². The van der Waals surface area contributed by atoms with Crippen LogP contribution in [0, 0.1) is 0 Å². The Hall–Kier alpha value is -0.740. The van der Waals surface area contributed by atoms with Crippen molar-refractivity contribution in [1.82, 2.24) is 0 Å². The number of benzene rings is 1. The Kier molecular flexibility index (Phi) is 7.33. The average molecular weight is 294 g/mol. The van der Waals surface area contributed by atoms with Crippen molar-refractivity contribution in [3.8, 4) is 0 Å². The molecule has 18 heavy (non-hydrogen) atoms. The van der Waals surface area contributed by atoms with Crippen LogP contribution in [0.5, 0.6) is 0 Å². The van der Waals surface area contributed by atoms with E-state index >= 15 is 0 Å². The van der Waals surface area contributed by atoms with Crippen molar-refractivity contribution in [2.75, 3.05) is 0 Å². The first-order valence-electron chi connectivity index (χ1n) is 5.01. The van der Waals surface area contributed by atoms with Gasteiger partial charge in [0.25, 0.3) is 0 Å². The molecule has 0 heterocycles. The molecule has 0 aromatic heterocycles. The third kappa shape index (κ3) is 9.31. The van der Waals surface area contributed by atoms with Gasteiger partial charge in [-0.2, -0.15) is 0 Å². The molecule has 0 saturated carbocycles. The van der Waals surface area contributed by atoms with E-state index in [1.54, 1.807) is 18.2 Å². The van der Waals surface area contributed by atoms with Crippen LogP contribution in [0.2, 0.25) is 0 Å². The van der Waals surface area contributed by atoms with Crippen molar-refractivity contribution in [1.29, 1.82) is 0 Å². The minimum Gasteiger partial charge on any atom is -0.321 e. The summed E-state index contributed by atoms with van der Waals surface area (Å²) in [4.78, 5) is 33.5. The minimum absolute atomic E-state index is 0.0648. The van der Waals surface area contributed by atoms with Gasteiger partial charge in [-0.05, 0) is 18.6 Å². The van der Waals surface area contributed by atoms with Crippen molar-refractivity contribution < 1.29 is 28.7 Å². The smallest absolute Gasteiger partial charge is 0.321 e. The van der Waals surface area contributed by atoms with E-state index in [1.807, 2.05) is 6.92 Å². The summed E-state index contributed by atoms with van der Waals surface area (Å²) in [5, 5.41) is 0.0648. The molecule has 0 unspecified atom stereocenters. The lowest BCUT2D eigenvalue weighted by Crippen LogP contribution is -2.01. The van der Waals surface area contributed by atoms with Gasteiger partial charge in [-0.15, -0.1) is 0 Å². The van der Waals surface area contributed by atoms with Gasteiger partial charge in [-0.1, -0.05) is 31.2 Å². The van der Waals surface area contributed by atoms with E-state index in [-0.39, 0.29) is 5.30 Å². The molecule has 1 rings (SSSR count). The second-order valence-corrected chi connectivity index (χ2v) is 6.34. The fourth-order valence-electron chi connectivity index (χ4n) is 0.865. The molecule has 0 amide bonds. The average Bonchev–Trinajstić information content (AvgIpc) is 2.26. The van der Waals surface area contributed by atoms with Crippen LogP contribution in [0.4, 0.5) is 0 Å². The zero-order valence-electron chi connectivity index (χ0n) is 9.75. The van der Waals surface area contributed by atoms with Gasteiger partial charge in [0.15, 0.2) is 0 Å². The fourth-order valence-corrected chi connectivity index (χ4v) is 1.91. The summed E-state index contributed by atoms with van der Waals surface area (Å²) >= 11 is 0. The Morgan fingerprint density at radius 1 is 1.06 bits per heavy atom. The normalized spacial score (nSPS) is 12.1. The number of hydrogen-bond acceptors (Lipinski definition) is 2. The van der Waals surface area contributed by atoms with Crippen LogP contribution >= 0.6 is 15.2 Å². The Morgan fingerprint density at radius 3 is 1.78 bits per heavy atom. The number of rotatable bonds is 3. The fraction of sp³-hybridized carbons (Fsp3) is 0.200. The summed E-state index contributed by atoms with van der Waals surface area (Å²) < 4.78 is 20.5. The van der Waals surface area contributed by atoms with Gasteiger partial charge in [0.05, 0.1) is 5.30 Å². The SMILES string of the molecule is CCC=CP(=O)(O)O.O=P(O)(O)c1ccccc1. The van der Waals surface area contributed by atoms with E-state index in [0.717, 1.165) is 5.82 Å². The Bertz CT molecular complexity index is 459. The van der Waals surface area contributed by atoms with Gasteiger partial charge in [0.1, 0.15) is 0 Å². The van der Waals surface area contributed by atoms with Crippen LogP contribution < -0.4 is 5.30 Å². The molecule has 0 bridgehead atoms. The molecule has 0 aliphatic carbocycles. The zero-order chi connectivity index (χ0) is 14.2. The van der Waals surface area contributed by atoms with E-state index in [9.17, 15) is 9.13 Å². The highest BCUT2D eigenvalue weighted by atomic mass is 31.2. The Balaban J connectivity index is 0.000000331. The Morgan fingerprint density at radius 2 is 1.56 bits per heavy atom. The van der Waals surface area contributed by atoms with Crippen LogP contribution in [0.25, 0.3) is 0 Å². The van der Waals surface area contributed by atoms with Crippen molar-refractivity contribution in [2.45, 2.75) is 13.3 Å². The standard InChI is InChI=1S/C6H7O3P.C4H9O3P/c7-10(8,9)6-4-2-1-3-5-6;1-2-3-4-8(5,6)7/h1-5H,(H2,7,8,9);3-4H,2H2,1H3,(H2,5,6,7). The predicted octanol–water partition coefficient (Wildman–Crippen LogP) is 1.58. The van der Waals surface area contributed by atoms with Crippen LogP contribution in [-0.4, -0.2) is 19.6 Å². The zero-order valence-corrected chi connectivity index (χ0v) is 11.5. The summed E-state index contributed by atoms with van der Waals surface area (Å²) in [5.41, 5.74) is 0. The molecule has 0 aliphatic heterocycles. The summed E-state index contributed by atoms with van der Waals surface area (Å²) in [7, 11) is -7.88. The van der Waals surface area contributed by atoms with Crippen LogP contribution in [0.15, 0.2) is 42.2 Å². The lowest BCUT2D eigenvalue weighted by atomic mass is 10.4. The molecule has 8 heteroatoms. The highest BCUT2D eigenvalue weighted by Crippen LogP contribution is 2.35. The van der Waals surface area contributed by atoms with Gasteiger partial charge in [-0.25, -0.2) is 0 Å². The van der Waals surface area contributed by atoms with Crippen LogP contribution in [-0.2, 0) is 9.13 Å². The first-order chi connectivity index (χ1) is 8.17. The molecule has 1 aromatic carbocycles. The van der Waals surface area contributed by atoms with Crippen molar-refractivity contribution in [2.24, 2.45) is 0 Å². The van der Waals surface area contributed by atoms with Crippen molar-refractivity contribution >= 4 is 20.5 Å². The third-order valence-electron chi connectivity index (χ3n) is 1.63. The first kappa shape index (κ1) is 17.3. The highest BCUT2D eigenvalue weighted by Gasteiger charge is 2.14. The summed E-state index contributed by atoms with van der Waals surface area (Å²) in [5.74, 6) is 0.910. The van der Waals surface area contributed by atoms with Crippen LogP contribution in [0.1, 0.15) is 13.3 Å². The highest BCUT2D eigenvalue weighted by molar-refractivity contribution is 7.60. The molecule has 6 nitrogen and oxygen atoms in total. The monoisotopic (exact) mass is 294 g/mol. The summed E-state index contributed by atoms with van der Waals surface area (Å²) in [6.07, 6.45) is 2.10. The van der Waals surface area contributed by atoms with E-state index in [0.29, 0.717) is 6.42 Å². The first-order valence-corrected chi connectivity index (χ1v) is 8.30. The van der Waals surface area contributed by atoms with E-state index in [4.69, 9.17) is 19.6 Å². The molecule has 1 aromatic rings. The predicted molar refractivity (Wildman–Crippen MR) is 69.6 cm³/mol. The molecular formula is C10H16O6P2. The number of allylic oxidation sites excluding steroid dienone is 1. The van der Waals surface area contributed by atoms with Gasteiger partial charge in [-0.3, -0.25) is 9.13 Å². The van der Waals surface area contributed by atoms with Crippen molar-refractivity contribution in [3.63, 3.8) is 0 Å². The van der Waals surface area contributed by atoms with Gasteiger partial charge in [0.2, 0.25) is 0 Å². The molecular weight excluding hydrogens is 278 g/mol. The lowest BCUT2D eigenvalue weighted by molar-refractivity contribution is 0.384. The lowest BCUT2D eigenvalue weighted by Gasteiger charge is -2.00. The molecule has 0 radical (unpaired) electrons. The van der Waals surface area contributed by atoms with E-state index < -0.39 is 15.2 Å². The second-order valence-electron chi connectivity index (χ2n) is 3.26. The van der Waals surface area contributed by atoms with Crippen molar-refractivity contribution in [3.05, 3.63) is 42.2 Å².